The van der Waals surface area contributed by atoms with Gasteiger partial charge in [0.05, 0.1) is 23.6 Å². The van der Waals surface area contributed by atoms with E-state index in [0.717, 1.165) is 60.6 Å². The highest BCUT2D eigenvalue weighted by Gasteiger charge is 2.41. The molecule has 5 amide bonds. The van der Waals surface area contributed by atoms with Crippen LogP contribution in [0.15, 0.2) is 135 Å². The zero-order valence-electron chi connectivity index (χ0n) is 50.6. The summed E-state index contributed by atoms with van der Waals surface area (Å²) in [5.41, 5.74) is 6.49. The van der Waals surface area contributed by atoms with Gasteiger partial charge in [-0.15, -0.1) is 0 Å². The van der Waals surface area contributed by atoms with Gasteiger partial charge in [-0.1, -0.05) is 128 Å². The molecule has 1 saturated carbocycles. The van der Waals surface area contributed by atoms with Crippen molar-refractivity contribution in [2.45, 2.75) is 134 Å². The van der Waals surface area contributed by atoms with Crippen molar-refractivity contribution in [3.8, 4) is 6.07 Å². The number of nitrogens with one attached hydrogen (secondary N) is 3. The Morgan fingerprint density at radius 3 is 1.50 bits per heavy atom. The number of benzene rings is 5. The number of piperidine rings is 1. The number of piperazine rings is 1. The van der Waals surface area contributed by atoms with Crippen molar-refractivity contribution in [3.05, 3.63) is 168 Å². The van der Waals surface area contributed by atoms with E-state index in [1.54, 1.807) is 18.7 Å². The second-order valence-corrected chi connectivity index (χ2v) is 25.6. The van der Waals surface area contributed by atoms with Gasteiger partial charge >= 0.3 is 0 Å². The number of rotatable bonds is 21. The topological polar surface area (TPSA) is 280 Å². The minimum absolute atomic E-state index is 0.249. The molecule has 5 aromatic rings. The largest absolute Gasteiger partial charge is 0.380 e. The molecule has 2 aliphatic heterocycles. The standard InChI is InChI=1S/C24H30BrN3O4.C23H26BrN3O3.C19H27BrN2O4/c1-15-4-9-20(14-16(15)2)27-10-12-28(13-11-27)24(32)22(30)21(29)23(31)26-17(3)18-5-7-19(25)8-6-18;1-16(17-7-9-19(24)10-8-17)26-21(29)20(28)22(30)27-13-11-23(15-25,12-14-27)18-5-3-2-4-6-18;1-3-10-22(11-13-4-5-13)19(26)17(24)16(23)18(25)21-12(2)14-6-8-15(20)9-7-14/h4-9,14,17,21-22,29-30H,10-13H2,1-3H3,(H,26,31);2-10,16,20-21,26,28-29H,11-14H2,1H3;6-9,12-13,16-17,23-24H,3-5,10-11H2,1-2H3,(H,21,25)/t17-,21+,22+;16-,20+,21+;12-,16+,17+/m000/s1. The van der Waals surface area contributed by atoms with Gasteiger partial charge in [-0.3, -0.25) is 29.3 Å². The Kier molecular flexibility index (Phi) is 27.1. The summed E-state index contributed by atoms with van der Waals surface area (Å²) in [5.74, 6) is -2.82. The van der Waals surface area contributed by atoms with Crippen LogP contribution >= 0.6 is 47.8 Å². The van der Waals surface area contributed by atoms with E-state index in [4.69, 9.17) is 0 Å². The SMILES string of the molecule is CCCN(CC1CC1)C(=O)[C@H](O)[C@@H](O)C(=O)N[C@@H](C)c1ccc(Br)cc1.C[C@H](N[C@H](O)[C@@H](O)C(=O)N1CCC(C#N)(c2ccccc2)CC1)c1ccc(Br)cc1.Cc1ccc(N2CCN(C(=O)[C@H](O)[C@@H](O)C(=O)N[C@@H](C)c3ccc(Br)cc3)CC2)cc1C. The number of nitrogens with zero attached hydrogens (tertiary/aromatic N) is 5. The van der Waals surface area contributed by atoms with Crippen LogP contribution in [0.1, 0.15) is 111 Å². The first-order valence-corrected chi connectivity index (χ1v) is 32.1. The van der Waals surface area contributed by atoms with Gasteiger partial charge in [0.25, 0.3) is 29.5 Å². The summed E-state index contributed by atoms with van der Waals surface area (Å²) in [6.07, 6.45) is -6.25. The quantitative estimate of drug-likeness (QED) is 0.0330. The van der Waals surface area contributed by atoms with E-state index in [1.807, 2.05) is 117 Å². The predicted octanol–water partition coefficient (Wildman–Crippen LogP) is 7.17. The van der Waals surface area contributed by atoms with Gasteiger partial charge in [0.1, 0.15) is 6.23 Å². The molecule has 2 saturated heterocycles. The van der Waals surface area contributed by atoms with E-state index in [2.05, 4.69) is 107 Å². The number of aryl methyl sites for hydroxylation is 2. The Labute approximate surface area is 541 Å². The molecule has 0 aromatic heterocycles. The minimum Gasteiger partial charge on any atom is -0.380 e. The van der Waals surface area contributed by atoms with Crippen LogP contribution in [0, 0.1) is 31.1 Å². The molecule has 22 heteroatoms. The number of aliphatic hydroxyl groups is 6. The average Bonchev–Trinajstić information content (AvgIpc) is 4.11. The predicted molar refractivity (Wildman–Crippen MR) is 347 cm³/mol. The lowest BCUT2D eigenvalue weighted by atomic mass is 9.74. The Bertz CT molecular complexity index is 3120. The highest BCUT2D eigenvalue weighted by atomic mass is 79.9. The smallest absolute Gasteiger partial charge is 0.255 e. The van der Waals surface area contributed by atoms with Gasteiger partial charge in [0, 0.05) is 77.5 Å². The van der Waals surface area contributed by atoms with Crippen LogP contribution in [0.3, 0.4) is 0 Å². The molecule has 2 heterocycles. The molecular formula is C66H83Br3N8O11. The molecule has 474 valence electrons. The molecule has 19 nitrogen and oxygen atoms in total. The Balaban J connectivity index is 0.000000212. The van der Waals surface area contributed by atoms with E-state index in [-0.39, 0.29) is 18.1 Å². The summed E-state index contributed by atoms with van der Waals surface area (Å²) < 4.78 is 2.79. The van der Waals surface area contributed by atoms with Crippen molar-refractivity contribution >= 4 is 83.0 Å². The number of carbonyl (C=O) groups is 5. The maximum atomic E-state index is 12.7. The summed E-state index contributed by atoms with van der Waals surface area (Å²) in [4.78, 5) is 69.3. The molecule has 88 heavy (non-hydrogen) atoms. The maximum absolute atomic E-state index is 12.7. The lowest BCUT2D eigenvalue weighted by molar-refractivity contribution is -0.153. The number of nitriles is 1. The number of amides is 5. The molecule has 3 aliphatic rings. The third-order valence-electron chi connectivity index (χ3n) is 16.3. The van der Waals surface area contributed by atoms with Gasteiger partial charge in [0.2, 0.25) is 0 Å². The van der Waals surface area contributed by atoms with Gasteiger partial charge in [-0.25, -0.2) is 0 Å². The molecule has 0 unspecified atom stereocenters. The average molecular weight is 1400 g/mol. The van der Waals surface area contributed by atoms with Crippen LogP contribution in [-0.2, 0) is 29.4 Å². The number of halogens is 3. The third kappa shape index (κ3) is 19.9. The zero-order valence-corrected chi connectivity index (χ0v) is 55.4. The third-order valence-corrected chi connectivity index (χ3v) is 17.9. The lowest BCUT2D eigenvalue weighted by Crippen LogP contribution is -2.55. The first-order chi connectivity index (χ1) is 41.9. The van der Waals surface area contributed by atoms with Gasteiger partial charge in [-0.05, 0) is 155 Å². The first kappa shape index (κ1) is 71.0. The minimum atomic E-state index is -1.84. The molecule has 1 aliphatic carbocycles. The lowest BCUT2D eigenvalue weighted by Gasteiger charge is -2.38. The second kappa shape index (κ2) is 33.6. The second-order valence-electron chi connectivity index (χ2n) is 22.9. The molecule has 9 N–H and O–H groups in total. The van der Waals surface area contributed by atoms with E-state index in [0.29, 0.717) is 71.1 Å². The summed E-state index contributed by atoms with van der Waals surface area (Å²) in [5, 5.41) is 79.7. The van der Waals surface area contributed by atoms with Crippen LogP contribution in [0.2, 0.25) is 0 Å². The molecular weight excluding hydrogens is 1320 g/mol. The van der Waals surface area contributed by atoms with E-state index < -0.39 is 71.7 Å². The van der Waals surface area contributed by atoms with Crippen molar-refractivity contribution < 1.29 is 54.6 Å². The van der Waals surface area contributed by atoms with Crippen LogP contribution in [0.4, 0.5) is 5.69 Å². The fourth-order valence-electron chi connectivity index (χ4n) is 10.3. The Hall–Kier alpha value is -6.10. The monoisotopic (exact) mass is 1400 g/mol. The fraction of sp³-hybridized carbons (Fsp3) is 0.455. The first-order valence-electron chi connectivity index (χ1n) is 29.7. The van der Waals surface area contributed by atoms with Crippen molar-refractivity contribution in [3.63, 3.8) is 0 Å². The number of aliphatic hydroxyl groups excluding tert-OH is 6. The molecule has 8 rings (SSSR count). The number of likely N-dealkylation sites (tertiary alicyclic amines) is 1. The summed E-state index contributed by atoms with van der Waals surface area (Å²) >= 11 is 10.1. The summed E-state index contributed by atoms with van der Waals surface area (Å²) in [6, 6.07) is 39.7. The van der Waals surface area contributed by atoms with Crippen molar-refractivity contribution in [1.82, 2.24) is 30.7 Å². The number of hydrogen-bond acceptors (Lipinski definition) is 14. The fourth-order valence-corrected chi connectivity index (χ4v) is 11.1. The Morgan fingerprint density at radius 2 is 1.05 bits per heavy atom. The van der Waals surface area contributed by atoms with E-state index in [9.17, 15) is 59.9 Å². The maximum Gasteiger partial charge on any atom is 0.255 e. The molecule has 0 radical (unpaired) electrons. The summed E-state index contributed by atoms with van der Waals surface area (Å²) in [7, 11) is 0. The molecule has 3 fully saturated rings. The van der Waals surface area contributed by atoms with E-state index in [1.165, 1.54) is 20.9 Å². The van der Waals surface area contributed by atoms with Crippen molar-refractivity contribution in [1.29, 1.82) is 5.26 Å². The van der Waals surface area contributed by atoms with Crippen LogP contribution in [0.25, 0.3) is 0 Å². The highest BCUT2D eigenvalue weighted by molar-refractivity contribution is 9.11. The molecule has 0 spiro atoms. The summed E-state index contributed by atoms with van der Waals surface area (Å²) in [6.45, 7) is 15.3. The highest BCUT2D eigenvalue weighted by Crippen LogP contribution is 2.35. The molecule has 5 aromatic carbocycles. The molecule has 0 bridgehead atoms. The van der Waals surface area contributed by atoms with Gasteiger partial charge in [-0.2, -0.15) is 5.26 Å². The number of anilines is 1. The van der Waals surface area contributed by atoms with Gasteiger partial charge in [0.15, 0.2) is 30.5 Å². The van der Waals surface area contributed by atoms with Gasteiger partial charge < -0.3 is 60.9 Å². The van der Waals surface area contributed by atoms with Crippen LogP contribution in [-0.4, -0.2) is 164 Å². The number of hydrogen-bond donors (Lipinski definition) is 9. The normalized spacial score (nSPS) is 17.7. The van der Waals surface area contributed by atoms with Crippen LogP contribution < -0.4 is 20.9 Å². The van der Waals surface area contributed by atoms with E-state index >= 15 is 0 Å². The van der Waals surface area contributed by atoms with Crippen molar-refractivity contribution in [2.75, 3.05) is 57.3 Å². The van der Waals surface area contributed by atoms with Crippen molar-refractivity contribution in [2.24, 2.45) is 5.92 Å². The zero-order chi connectivity index (χ0) is 64.4. The van der Waals surface area contributed by atoms with Crippen LogP contribution in [0.5, 0.6) is 0 Å². The number of carbonyl (C=O) groups excluding carboxylic acids is 5. The Morgan fingerprint density at radius 1 is 0.591 bits per heavy atom. The molecule has 9 atom stereocenters.